The van der Waals surface area contributed by atoms with Gasteiger partial charge in [0.05, 0.1) is 16.3 Å². The van der Waals surface area contributed by atoms with Crippen LogP contribution in [0.1, 0.15) is 11.1 Å². The maximum Gasteiger partial charge on any atom is 0.417 e. The van der Waals surface area contributed by atoms with Crippen molar-refractivity contribution in [3.05, 3.63) is 53.7 Å². The number of amides is 1. The van der Waals surface area contributed by atoms with E-state index in [1.165, 1.54) is 6.07 Å². The van der Waals surface area contributed by atoms with Crippen molar-refractivity contribution in [1.82, 2.24) is 4.98 Å². The fraction of sp³-hybridized carbons (Fsp3) is 0.250. The molecule has 1 amide bonds. The molecule has 1 aliphatic heterocycles. The summed E-state index contributed by atoms with van der Waals surface area (Å²) in [5.74, 6) is 0.0776. The molecule has 7 heteroatoms. The molecule has 120 valence electrons. The molecule has 0 saturated carbocycles. The summed E-state index contributed by atoms with van der Waals surface area (Å²) in [4.78, 5) is 17.8. The van der Waals surface area contributed by atoms with E-state index in [-0.39, 0.29) is 11.7 Å². The van der Waals surface area contributed by atoms with E-state index in [1.807, 2.05) is 24.3 Å². The number of fused-ring (bicyclic) bond motifs is 1. The van der Waals surface area contributed by atoms with E-state index in [4.69, 9.17) is 0 Å². The minimum Gasteiger partial charge on any atom is -0.311 e. The Kier molecular flexibility index (Phi) is 4.30. The second kappa shape index (κ2) is 6.23. The zero-order valence-corrected chi connectivity index (χ0v) is 12.8. The Morgan fingerprint density at radius 1 is 1.22 bits per heavy atom. The summed E-state index contributed by atoms with van der Waals surface area (Å²) in [7, 11) is 0. The van der Waals surface area contributed by atoms with Crippen molar-refractivity contribution in [1.29, 1.82) is 0 Å². The minimum atomic E-state index is -4.40. The molecule has 1 aromatic heterocycles. The second-order valence-electron chi connectivity index (χ2n) is 5.10. The highest BCUT2D eigenvalue weighted by Gasteiger charge is 2.30. The molecule has 0 aliphatic carbocycles. The molecule has 23 heavy (non-hydrogen) atoms. The Hall–Kier alpha value is -2.02. The van der Waals surface area contributed by atoms with Crippen molar-refractivity contribution >= 4 is 23.4 Å². The smallest absolute Gasteiger partial charge is 0.311 e. The highest BCUT2D eigenvalue weighted by Crippen LogP contribution is 2.31. The van der Waals surface area contributed by atoms with Gasteiger partial charge in [0.15, 0.2) is 0 Å². The summed E-state index contributed by atoms with van der Waals surface area (Å²) in [6.07, 6.45) is -2.78. The Balaban J connectivity index is 1.62. The Bertz CT molecular complexity index is 716. The Morgan fingerprint density at radius 3 is 2.70 bits per heavy atom. The summed E-state index contributed by atoms with van der Waals surface area (Å²) in [6.45, 7) is 0.638. The fourth-order valence-corrected chi connectivity index (χ4v) is 3.16. The van der Waals surface area contributed by atoms with Crippen molar-refractivity contribution < 1.29 is 18.0 Å². The van der Waals surface area contributed by atoms with Crippen molar-refractivity contribution in [2.24, 2.45) is 0 Å². The van der Waals surface area contributed by atoms with Gasteiger partial charge in [-0.25, -0.2) is 4.98 Å². The summed E-state index contributed by atoms with van der Waals surface area (Å²) in [5.41, 5.74) is 1.26. The molecule has 2 aromatic rings. The van der Waals surface area contributed by atoms with Crippen LogP contribution in [0.3, 0.4) is 0 Å². The number of carbonyl (C=O) groups excluding carboxylic acids is 1. The molecule has 0 saturated heterocycles. The van der Waals surface area contributed by atoms with Gasteiger partial charge in [-0.05, 0) is 30.2 Å². The number of hydrogen-bond donors (Lipinski definition) is 0. The van der Waals surface area contributed by atoms with E-state index in [9.17, 15) is 18.0 Å². The molecule has 0 N–H and O–H groups in total. The van der Waals surface area contributed by atoms with E-state index < -0.39 is 11.7 Å². The van der Waals surface area contributed by atoms with Crippen LogP contribution in [0.15, 0.2) is 47.6 Å². The molecular weight excluding hydrogens is 325 g/mol. The zero-order valence-electron chi connectivity index (χ0n) is 12.0. The molecule has 0 unspecified atom stereocenters. The van der Waals surface area contributed by atoms with Crippen molar-refractivity contribution in [3.8, 4) is 0 Å². The van der Waals surface area contributed by atoms with Gasteiger partial charge in [-0.1, -0.05) is 30.0 Å². The molecule has 0 fully saturated rings. The number of alkyl halides is 3. The van der Waals surface area contributed by atoms with Crippen LogP contribution >= 0.6 is 11.8 Å². The summed E-state index contributed by atoms with van der Waals surface area (Å²) in [5, 5.41) is 0.402. The third-order valence-corrected chi connectivity index (χ3v) is 4.52. The lowest BCUT2D eigenvalue weighted by atomic mass is 10.2. The van der Waals surface area contributed by atoms with Gasteiger partial charge in [-0.3, -0.25) is 4.79 Å². The van der Waals surface area contributed by atoms with E-state index in [0.29, 0.717) is 11.6 Å². The topological polar surface area (TPSA) is 33.2 Å². The SMILES string of the molecule is O=C(CSc1ccc(C(F)(F)F)cn1)N1CCc2ccccc21. The first-order chi connectivity index (χ1) is 10.9. The first-order valence-corrected chi connectivity index (χ1v) is 7.98. The van der Waals surface area contributed by atoms with Crippen LogP contribution in [-0.4, -0.2) is 23.2 Å². The molecule has 0 atom stereocenters. The van der Waals surface area contributed by atoms with Crippen LogP contribution in [0.4, 0.5) is 18.9 Å². The molecule has 1 aliphatic rings. The molecule has 0 spiro atoms. The predicted octanol–water partition coefficient (Wildman–Crippen LogP) is 3.78. The van der Waals surface area contributed by atoms with E-state index in [1.54, 1.807) is 4.90 Å². The maximum atomic E-state index is 12.5. The van der Waals surface area contributed by atoms with Crippen molar-refractivity contribution in [2.75, 3.05) is 17.2 Å². The van der Waals surface area contributed by atoms with Gasteiger partial charge in [0.1, 0.15) is 0 Å². The quantitative estimate of drug-likeness (QED) is 0.799. The van der Waals surface area contributed by atoms with Crippen LogP contribution in [0.2, 0.25) is 0 Å². The lowest BCUT2D eigenvalue weighted by Crippen LogP contribution is -2.30. The predicted molar refractivity (Wildman–Crippen MR) is 82.5 cm³/mol. The Labute approximate surface area is 135 Å². The van der Waals surface area contributed by atoms with Gasteiger partial charge < -0.3 is 4.90 Å². The van der Waals surface area contributed by atoms with Gasteiger partial charge in [-0.15, -0.1) is 0 Å². The van der Waals surface area contributed by atoms with Crippen LogP contribution in [-0.2, 0) is 17.4 Å². The van der Waals surface area contributed by atoms with Gasteiger partial charge in [0.2, 0.25) is 5.91 Å². The number of anilines is 1. The second-order valence-corrected chi connectivity index (χ2v) is 6.09. The molecule has 2 heterocycles. The van der Waals surface area contributed by atoms with Gasteiger partial charge >= 0.3 is 6.18 Å². The first kappa shape index (κ1) is 15.9. The molecule has 3 rings (SSSR count). The third kappa shape index (κ3) is 3.50. The van der Waals surface area contributed by atoms with Crippen LogP contribution in [0, 0.1) is 0 Å². The number of hydrogen-bond acceptors (Lipinski definition) is 3. The number of benzene rings is 1. The van der Waals surface area contributed by atoms with Crippen LogP contribution in [0.25, 0.3) is 0 Å². The highest BCUT2D eigenvalue weighted by molar-refractivity contribution is 7.99. The van der Waals surface area contributed by atoms with Gasteiger partial charge in [-0.2, -0.15) is 13.2 Å². The van der Waals surface area contributed by atoms with Crippen LogP contribution in [0.5, 0.6) is 0 Å². The lowest BCUT2D eigenvalue weighted by Gasteiger charge is -2.16. The molecule has 0 bridgehead atoms. The van der Waals surface area contributed by atoms with Crippen LogP contribution < -0.4 is 4.90 Å². The number of pyridine rings is 1. The normalized spacial score (nSPS) is 14.0. The maximum absolute atomic E-state index is 12.5. The molecule has 0 radical (unpaired) electrons. The number of halogens is 3. The van der Waals surface area contributed by atoms with Crippen molar-refractivity contribution in [3.63, 3.8) is 0 Å². The number of rotatable bonds is 3. The molecule has 1 aromatic carbocycles. The molecular formula is C16H13F3N2OS. The van der Waals surface area contributed by atoms with Gasteiger partial charge in [0, 0.05) is 18.4 Å². The van der Waals surface area contributed by atoms with E-state index in [0.717, 1.165) is 41.7 Å². The number of nitrogens with zero attached hydrogens (tertiary/aromatic N) is 2. The molecule has 3 nitrogen and oxygen atoms in total. The summed E-state index contributed by atoms with van der Waals surface area (Å²) in [6, 6.07) is 9.99. The summed E-state index contributed by atoms with van der Waals surface area (Å²) >= 11 is 1.14. The number of aromatic nitrogens is 1. The lowest BCUT2D eigenvalue weighted by molar-refractivity contribution is -0.137. The Morgan fingerprint density at radius 2 is 2.00 bits per heavy atom. The standard InChI is InChI=1S/C16H13F3N2OS/c17-16(18,19)12-5-6-14(20-9-12)23-10-15(22)21-8-7-11-3-1-2-4-13(11)21/h1-6,9H,7-8,10H2. The van der Waals surface area contributed by atoms with E-state index >= 15 is 0 Å². The average molecular weight is 338 g/mol. The summed E-state index contributed by atoms with van der Waals surface area (Å²) < 4.78 is 37.4. The number of para-hydroxylation sites is 1. The first-order valence-electron chi connectivity index (χ1n) is 6.99. The zero-order chi connectivity index (χ0) is 16.4. The number of carbonyl (C=O) groups is 1. The minimum absolute atomic E-state index is 0.0679. The third-order valence-electron chi connectivity index (χ3n) is 3.60. The van der Waals surface area contributed by atoms with Crippen molar-refractivity contribution in [2.45, 2.75) is 17.6 Å². The van der Waals surface area contributed by atoms with E-state index in [2.05, 4.69) is 4.98 Å². The number of thioether (sulfide) groups is 1. The van der Waals surface area contributed by atoms with Gasteiger partial charge in [0.25, 0.3) is 0 Å². The fourth-order valence-electron chi connectivity index (χ4n) is 2.44. The highest BCUT2D eigenvalue weighted by atomic mass is 32.2. The average Bonchev–Trinajstić information content (AvgIpc) is 2.96. The monoisotopic (exact) mass is 338 g/mol. The largest absolute Gasteiger partial charge is 0.417 e.